The lowest BCUT2D eigenvalue weighted by Gasteiger charge is -2.17. The molecule has 106 valence electrons. The fourth-order valence-corrected chi connectivity index (χ4v) is 2.67. The molecule has 0 aliphatic heterocycles. The summed E-state index contributed by atoms with van der Waals surface area (Å²) in [6, 6.07) is 10.4. The van der Waals surface area contributed by atoms with Crippen LogP contribution in [0, 0.1) is 5.82 Å². The summed E-state index contributed by atoms with van der Waals surface area (Å²) in [4.78, 5) is 0. The Balaban J connectivity index is 2.19. The first-order valence-electron chi connectivity index (χ1n) is 6.06. The third-order valence-electron chi connectivity index (χ3n) is 2.98. The molecule has 0 saturated carbocycles. The molecule has 0 bridgehead atoms. The predicted octanol–water partition coefficient (Wildman–Crippen LogP) is 5.42. The number of benzene rings is 2. The van der Waals surface area contributed by atoms with E-state index < -0.39 is 0 Å². The molecule has 0 radical (unpaired) electrons. The zero-order valence-corrected chi connectivity index (χ0v) is 13.4. The first-order valence-corrected chi connectivity index (χ1v) is 7.23. The number of halogens is 3. The van der Waals surface area contributed by atoms with Gasteiger partial charge in [0.1, 0.15) is 0 Å². The lowest BCUT2D eigenvalue weighted by Crippen LogP contribution is -2.07. The van der Waals surface area contributed by atoms with Crippen LogP contribution in [-0.2, 0) is 0 Å². The molecule has 0 aliphatic rings. The van der Waals surface area contributed by atoms with E-state index in [0.717, 1.165) is 15.7 Å². The summed E-state index contributed by atoms with van der Waals surface area (Å²) in [6.07, 6.45) is 0. The first kappa shape index (κ1) is 15.1. The normalized spacial score (nSPS) is 12.1. The molecular formula is C15H14BrClFNO. The van der Waals surface area contributed by atoms with Crippen LogP contribution in [-0.4, -0.2) is 7.11 Å². The molecule has 0 amide bonds. The Morgan fingerprint density at radius 1 is 1.25 bits per heavy atom. The zero-order chi connectivity index (χ0) is 14.7. The van der Waals surface area contributed by atoms with Crippen molar-refractivity contribution >= 4 is 33.2 Å². The summed E-state index contributed by atoms with van der Waals surface area (Å²) in [5.41, 5.74) is 1.74. The maximum atomic E-state index is 13.7. The van der Waals surface area contributed by atoms with Gasteiger partial charge in [-0.3, -0.25) is 0 Å². The molecule has 2 nitrogen and oxygen atoms in total. The number of anilines is 1. The first-order chi connectivity index (χ1) is 9.51. The Hall–Kier alpha value is -1.26. The van der Waals surface area contributed by atoms with Gasteiger partial charge >= 0.3 is 0 Å². The number of nitrogens with one attached hydrogen (secondary N) is 1. The van der Waals surface area contributed by atoms with Crippen LogP contribution < -0.4 is 10.1 Å². The molecule has 0 heterocycles. The highest BCUT2D eigenvalue weighted by molar-refractivity contribution is 9.10. The SMILES string of the molecule is COc1ccc(C(C)Nc2ccc(Cl)cc2Br)cc1F. The van der Waals surface area contributed by atoms with Crippen molar-refractivity contribution in [3.63, 3.8) is 0 Å². The van der Waals surface area contributed by atoms with Crippen LogP contribution in [0.1, 0.15) is 18.5 Å². The van der Waals surface area contributed by atoms with Gasteiger partial charge in [0, 0.05) is 21.2 Å². The van der Waals surface area contributed by atoms with Crippen molar-refractivity contribution in [1.82, 2.24) is 0 Å². The van der Waals surface area contributed by atoms with Gasteiger partial charge in [0.15, 0.2) is 11.6 Å². The fourth-order valence-electron chi connectivity index (χ4n) is 1.88. The number of methoxy groups -OCH3 is 1. The molecule has 0 aliphatic carbocycles. The summed E-state index contributed by atoms with van der Waals surface area (Å²) in [6.45, 7) is 1.96. The van der Waals surface area contributed by atoms with Crippen LogP contribution in [0.15, 0.2) is 40.9 Å². The molecule has 2 aromatic carbocycles. The standard InChI is InChI=1S/C15H14BrClFNO/c1-9(10-3-6-15(20-2)13(18)7-10)19-14-5-4-11(17)8-12(14)16/h3-9,19H,1-2H3. The third-order valence-corrected chi connectivity index (χ3v) is 3.87. The highest BCUT2D eigenvalue weighted by Gasteiger charge is 2.11. The highest BCUT2D eigenvalue weighted by Crippen LogP contribution is 2.30. The number of rotatable bonds is 4. The number of hydrogen-bond acceptors (Lipinski definition) is 2. The van der Waals surface area contributed by atoms with Crippen LogP contribution in [0.5, 0.6) is 5.75 Å². The highest BCUT2D eigenvalue weighted by atomic mass is 79.9. The minimum atomic E-state index is -0.367. The summed E-state index contributed by atoms with van der Waals surface area (Å²) >= 11 is 9.35. The molecule has 0 fully saturated rings. The second-order valence-corrected chi connectivity index (χ2v) is 5.67. The summed E-state index contributed by atoms with van der Waals surface area (Å²) < 4.78 is 19.5. The maximum Gasteiger partial charge on any atom is 0.165 e. The summed E-state index contributed by atoms with van der Waals surface area (Å²) in [5, 5.41) is 3.96. The topological polar surface area (TPSA) is 21.3 Å². The van der Waals surface area contributed by atoms with Crippen molar-refractivity contribution in [3.05, 3.63) is 57.3 Å². The Kier molecular flexibility index (Phi) is 4.89. The summed E-state index contributed by atoms with van der Waals surface area (Å²) in [5.74, 6) is -0.123. The van der Waals surface area contributed by atoms with Gasteiger partial charge in [0.05, 0.1) is 7.11 Å². The van der Waals surface area contributed by atoms with E-state index in [0.29, 0.717) is 5.02 Å². The molecule has 1 atom stereocenters. The monoisotopic (exact) mass is 357 g/mol. The Bertz CT molecular complexity index is 621. The number of hydrogen-bond donors (Lipinski definition) is 1. The van der Waals surface area contributed by atoms with Gasteiger partial charge in [-0.05, 0) is 58.7 Å². The Morgan fingerprint density at radius 3 is 2.60 bits per heavy atom. The molecular weight excluding hydrogens is 345 g/mol. The summed E-state index contributed by atoms with van der Waals surface area (Å²) in [7, 11) is 1.45. The molecule has 20 heavy (non-hydrogen) atoms. The van der Waals surface area contributed by atoms with E-state index >= 15 is 0 Å². The van der Waals surface area contributed by atoms with Crippen molar-refractivity contribution in [2.75, 3.05) is 12.4 Å². The largest absolute Gasteiger partial charge is 0.494 e. The van der Waals surface area contributed by atoms with Crippen LogP contribution in [0.4, 0.5) is 10.1 Å². The maximum absolute atomic E-state index is 13.7. The van der Waals surface area contributed by atoms with Crippen LogP contribution in [0.3, 0.4) is 0 Å². The van der Waals surface area contributed by atoms with E-state index in [2.05, 4.69) is 21.2 Å². The van der Waals surface area contributed by atoms with E-state index in [4.69, 9.17) is 16.3 Å². The average Bonchev–Trinajstić information content (AvgIpc) is 2.41. The second kappa shape index (κ2) is 6.46. The van der Waals surface area contributed by atoms with Gasteiger partial charge in [-0.25, -0.2) is 4.39 Å². The van der Waals surface area contributed by atoms with Gasteiger partial charge in [-0.15, -0.1) is 0 Å². The van der Waals surface area contributed by atoms with Crippen molar-refractivity contribution in [3.8, 4) is 5.75 Å². The Labute approximate surface area is 131 Å². The molecule has 0 saturated heterocycles. The molecule has 1 N–H and O–H groups in total. The van der Waals surface area contributed by atoms with Crippen molar-refractivity contribution in [1.29, 1.82) is 0 Å². The van der Waals surface area contributed by atoms with E-state index in [1.807, 2.05) is 25.1 Å². The minimum Gasteiger partial charge on any atom is -0.494 e. The van der Waals surface area contributed by atoms with E-state index in [-0.39, 0.29) is 17.6 Å². The number of ether oxygens (including phenoxy) is 1. The molecule has 2 aromatic rings. The van der Waals surface area contributed by atoms with E-state index in [1.54, 1.807) is 12.1 Å². The Morgan fingerprint density at radius 2 is 2.00 bits per heavy atom. The molecule has 5 heteroatoms. The minimum absolute atomic E-state index is 0.0483. The quantitative estimate of drug-likeness (QED) is 0.787. The van der Waals surface area contributed by atoms with Gasteiger partial charge in [0.2, 0.25) is 0 Å². The van der Waals surface area contributed by atoms with Crippen LogP contribution in [0.2, 0.25) is 5.02 Å². The van der Waals surface area contributed by atoms with Crippen molar-refractivity contribution < 1.29 is 9.13 Å². The van der Waals surface area contributed by atoms with Crippen LogP contribution >= 0.6 is 27.5 Å². The van der Waals surface area contributed by atoms with Crippen molar-refractivity contribution in [2.45, 2.75) is 13.0 Å². The van der Waals surface area contributed by atoms with E-state index in [9.17, 15) is 4.39 Å². The lowest BCUT2D eigenvalue weighted by molar-refractivity contribution is 0.386. The fraction of sp³-hybridized carbons (Fsp3) is 0.200. The van der Waals surface area contributed by atoms with Crippen molar-refractivity contribution in [2.24, 2.45) is 0 Å². The van der Waals surface area contributed by atoms with Gasteiger partial charge in [-0.1, -0.05) is 17.7 Å². The van der Waals surface area contributed by atoms with Gasteiger partial charge in [0.25, 0.3) is 0 Å². The molecule has 0 aromatic heterocycles. The predicted molar refractivity (Wildman–Crippen MR) is 84.1 cm³/mol. The molecule has 1 unspecified atom stereocenters. The van der Waals surface area contributed by atoms with E-state index in [1.165, 1.54) is 13.2 Å². The molecule has 2 rings (SSSR count). The second-order valence-electron chi connectivity index (χ2n) is 4.38. The average molecular weight is 359 g/mol. The zero-order valence-electron chi connectivity index (χ0n) is 11.1. The molecule has 0 spiro atoms. The smallest absolute Gasteiger partial charge is 0.165 e. The lowest BCUT2D eigenvalue weighted by atomic mass is 10.1. The third kappa shape index (κ3) is 3.44. The van der Waals surface area contributed by atoms with Gasteiger partial charge < -0.3 is 10.1 Å². The van der Waals surface area contributed by atoms with Crippen LogP contribution in [0.25, 0.3) is 0 Å². The van der Waals surface area contributed by atoms with Gasteiger partial charge in [-0.2, -0.15) is 0 Å².